The summed E-state index contributed by atoms with van der Waals surface area (Å²) in [6.45, 7) is 7.01. The summed E-state index contributed by atoms with van der Waals surface area (Å²) in [6, 6.07) is 5.18. The van der Waals surface area contributed by atoms with Gasteiger partial charge in [0.25, 0.3) is 0 Å². The summed E-state index contributed by atoms with van der Waals surface area (Å²) in [7, 11) is -2.63. The molecule has 0 saturated carbocycles. The molecule has 2 bridgehead atoms. The van der Waals surface area contributed by atoms with Crippen molar-refractivity contribution in [2.75, 3.05) is 25.3 Å². The summed E-state index contributed by atoms with van der Waals surface area (Å²) in [5.41, 5.74) is 0.604. The maximum Gasteiger partial charge on any atom is 0.419 e. The van der Waals surface area contributed by atoms with E-state index in [2.05, 4.69) is 20.3 Å². The highest BCUT2D eigenvalue weighted by Crippen LogP contribution is 2.42. The van der Waals surface area contributed by atoms with Gasteiger partial charge in [-0.05, 0) is 38.8 Å². The highest BCUT2D eigenvalue weighted by molar-refractivity contribution is 7.69. The molecule has 0 radical (unpaired) electrons. The number of ether oxygens (including phenoxy) is 1. The minimum absolute atomic E-state index is 0.0940. The monoisotopic (exact) mass is 464 g/mol. The van der Waals surface area contributed by atoms with Crippen molar-refractivity contribution in [1.29, 1.82) is 0 Å². The maximum absolute atomic E-state index is 13.7. The predicted molar refractivity (Wildman–Crippen MR) is 118 cm³/mol. The largest absolute Gasteiger partial charge is 0.493 e. The summed E-state index contributed by atoms with van der Waals surface area (Å²) in [5, 5.41) is 3.86. The fourth-order valence-corrected chi connectivity index (χ4v) is 4.47. The number of para-hydroxylation sites is 1. The summed E-state index contributed by atoms with van der Waals surface area (Å²) in [4.78, 5) is 13.6. The molecule has 0 unspecified atom stereocenters. The Morgan fingerprint density at radius 2 is 1.94 bits per heavy atom. The summed E-state index contributed by atoms with van der Waals surface area (Å²) < 4.78 is 59.3. The Hall–Kier alpha value is -2.67. The first-order valence-electron chi connectivity index (χ1n) is 10.3. The van der Waals surface area contributed by atoms with Crippen molar-refractivity contribution in [2.24, 2.45) is 0 Å². The van der Waals surface area contributed by atoms with Crippen LogP contribution >= 0.6 is 7.14 Å². The number of rotatable bonds is 1. The van der Waals surface area contributed by atoms with E-state index in [4.69, 9.17) is 4.74 Å². The molecule has 0 amide bonds. The standard InChI is InChI=1S/C22H24F3N4O2P/c1-12-8-9-31-19-14(6-5-7-16(19)22(23,24)25)13(2)27-21-15-10-18(32(3,4)30)26-11-17(15)28-20(12)29-21/h5-7,10-13H,8-9H2,1-4H3,(H,27,28,29)/t12-,13-/m1/s1. The number of halogens is 3. The second kappa shape index (κ2) is 8.03. The Morgan fingerprint density at radius 1 is 1.19 bits per heavy atom. The molecule has 4 rings (SSSR count). The number of aromatic nitrogens is 3. The second-order valence-corrected chi connectivity index (χ2v) is 11.6. The van der Waals surface area contributed by atoms with Crippen LogP contribution in [-0.2, 0) is 10.7 Å². The van der Waals surface area contributed by atoms with Gasteiger partial charge in [-0.15, -0.1) is 0 Å². The number of pyridine rings is 1. The Morgan fingerprint density at radius 3 is 2.62 bits per heavy atom. The Bertz CT molecular complexity index is 1230. The molecule has 1 aromatic carbocycles. The molecule has 0 aliphatic carbocycles. The molecule has 32 heavy (non-hydrogen) atoms. The van der Waals surface area contributed by atoms with Crippen molar-refractivity contribution in [3.05, 3.63) is 47.4 Å². The van der Waals surface area contributed by atoms with Crippen LogP contribution in [0.1, 0.15) is 49.2 Å². The van der Waals surface area contributed by atoms with Gasteiger partial charge in [0.05, 0.1) is 29.9 Å². The van der Waals surface area contributed by atoms with E-state index in [1.54, 1.807) is 38.6 Å². The zero-order valence-electron chi connectivity index (χ0n) is 18.2. The average Bonchev–Trinajstić information content (AvgIpc) is 2.72. The number of nitrogens with zero attached hydrogens (tertiary/aromatic N) is 3. The lowest BCUT2D eigenvalue weighted by Crippen LogP contribution is -2.15. The van der Waals surface area contributed by atoms with Crippen LogP contribution in [0.3, 0.4) is 0 Å². The fourth-order valence-electron chi connectivity index (χ4n) is 3.69. The van der Waals surface area contributed by atoms with Gasteiger partial charge < -0.3 is 14.6 Å². The van der Waals surface area contributed by atoms with Crippen LogP contribution in [0.25, 0.3) is 10.9 Å². The number of alkyl halides is 3. The highest BCUT2D eigenvalue weighted by atomic mass is 31.2. The van der Waals surface area contributed by atoms with Crippen molar-refractivity contribution in [2.45, 2.75) is 38.4 Å². The van der Waals surface area contributed by atoms with Gasteiger partial charge >= 0.3 is 6.18 Å². The maximum atomic E-state index is 13.7. The van der Waals surface area contributed by atoms with Gasteiger partial charge in [0.2, 0.25) is 0 Å². The Balaban J connectivity index is 1.90. The number of anilines is 1. The van der Waals surface area contributed by atoms with Crippen molar-refractivity contribution in [1.82, 2.24) is 15.0 Å². The summed E-state index contributed by atoms with van der Waals surface area (Å²) in [5.74, 6) is 0.682. The number of nitrogens with one attached hydrogen (secondary N) is 1. The molecule has 170 valence electrons. The summed E-state index contributed by atoms with van der Waals surface area (Å²) in [6.07, 6.45) is -2.52. The van der Waals surface area contributed by atoms with E-state index in [1.165, 1.54) is 6.07 Å². The molecule has 1 aliphatic heterocycles. The van der Waals surface area contributed by atoms with Gasteiger partial charge in [-0.1, -0.05) is 19.1 Å². The van der Waals surface area contributed by atoms with Crippen LogP contribution < -0.4 is 15.5 Å². The molecule has 0 saturated heterocycles. The molecule has 1 aliphatic rings. The van der Waals surface area contributed by atoms with Gasteiger partial charge in [-0.3, -0.25) is 4.98 Å². The van der Waals surface area contributed by atoms with Crippen molar-refractivity contribution < 1.29 is 22.5 Å². The number of fused-ring (bicyclic) bond motifs is 5. The van der Waals surface area contributed by atoms with Gasteiger partial charge in [0, 0.05) is 16.9 Å². The molecule has 3 heterocycles. The Labute approximate surface area is 184 Å². The lowest BCUT2D eigenvalue weighted by atomic mass is 10.0. The molecule has 2 aromatic heterocycles. The van der Waals surface area contributed by atoms with Crippen molar-refractivity contribution in [3.8, 4) is 5.75 Å². The smallest absolute Gasteiger partial charge is 0.419 e. The molecule has 6 nitrogen and oxygen atoms in total. The minimum atomic E-state index is -4.54. The average molecular weight is 464 g/mol. The first-order chi connectivity index (χ1) is 14.9. The van der Waals surface area contributed by atoms with E-state index in [9.17, 15) is 17.7 Å². The number of benzene rings is 1. The van der Waals surface area contributed by atoms with E-state index in [-0.39, 0.29) is 18.3 Å². The molecule has 10 heteroatoms. The van der Waals surface area contributed by atoms with Crippen molar-refractivity contribution >= 4 is 29.3 Å². The van der Waals surface area contributed by atoms with Crippen LogP contribution in [0.5, 0.6) is 5.75 Å². The van der Waals surface area contributed by atoms with E-state index >= 15 is 0 Å². The number of hydrogen-bond donors (Lipinski definition) is 1. The molecule has 0 fully saturated rings. The van der Waals surface area contributed by atoms with Gasteiger partial charge in [0.1, 0.15) is 30.0 Å². The molecule has 1 N–H and O–H groups in total. The lowest BCUT2D eigenvalue weighted by molar-refractivity contribution is -0.139. The van der Waals surface area contributed by atoms with E-state index in [0.717, 1.165) is 6.07 Å². The summed E-state index contributed by atoms with van der Waals surface area (Å²) >= 11 is 0. The first-order valence-corrected chi connectivity index (χ1v) is 12.9. The molecular weight excluding hydrogens is 440 g/mol. The topological polar surface area (TPSA) is 77.0 Å². The third kappa shape index (κ3) is 4.31. The SMILES string of the molecule is C[C@@H]1CCOc2c(cccc2C(F)(F)F)[C@@H](C)Nc2nc1nc1cnc(P(C)(C)=O)cc21. The van der Waals surface area contributed by atoms with Crippen LogP contribution in [0.15, 0.2) is 30.5 Å². The quantitative estimate of drug-likeness (QED) is 0.489. The molecule has 2 atom stereocenters. The number of hydrogen-bond acceptors (Lipinski definition) is 6. The molecular formula is C22H24F3N4O2P. The lowest BCUT2D eigenvalue weighted by Gasteiger charge is -2.22. The third-order valence-corrected chi connectivity index (χ3v) is 6.89. The molecule has 0 spiro atoms. The molecule has 3 aromatic rings. The van der Waals surface area contributed by atoms with Crippen LogP contribution in [0.4, 0.5) is 19.0 Å². The van der Waals surface area contributed by atoms with E-state index in [1.807, 2.05) is 6.92 Å². The van der Waals surface area contributed by atoms with Gasteiger partial charge in [-0.25, -0.2) is 9.97 Å². The van der Waals surface area contributed by atoms with E-state index in [0.29, 0.717) is 40.0 Å². The highest BCUT2D eigenvalue weighted by Gasteiger charge is 2.36. The zero-order chi connectivity index (χ0) is 23.3. The predicted octanol–water partition coefficient (Wildman–Crippen LogP) is 5.35. The van der Waals surface area contributed by atoms with Crippen LogP contribution in [0, 0.1) is 0 Å². The minimum Gasteiger partial charge on any atom is -0.493 e. The zero-order valence-corrected chi connectivity index (χ0v) is 19.1. The fraction of sp³-hybridized carbons (Fsp3) is 0.409. The Kier molecular flexibility index (Phi) is 5.65. The van der Waals surface area contributed by atoms with Crippen molar-refractivity contribution in [3.63, 3.8) is 0 Å². The first kappa shape index (κ1) is 22.5. The normalized spacial score (nSPS) is 19.5. The van der Waals surface area contributed by atoms with Gasteiger partial charge in [-0.2, -0.15) is 13.2 Å². The van der Waals surface area contributed by atoms with E-state index < -0.39 is 24.9 Å². The third-order valence-electron chi connectivity index (χ3n) is 5.55. The van der Waals surface area contributed by atoms with Crippen LogP contribution in [0.2, 0.25) is 0 Å². The second-order valence-electron chi connectivity index (χ2n) is 8.47. The van der Waals surface area contributed by atoms with Crippen LogP contribution in [-0.4, -0.2) is 34.9 Å². The van der Waals surface area contributed by atoms with Gasteiger partial charge in [0.15, 0.2) is 0 Å².